The van der Waals surface area contributed by atoms with Crippen LogP contribution in [0, 0.1) is 0 Å². The Labute approximate surface area is 183 Å². The van der Waals surface area contributed by atoms with Crippen LogP contribution < -0.4 is 33.2 Å². The average Bonchev–Trinajstić information content (AvgIpc) is 2.69. The molecule has 0 saturated carbocycles. The van der Waals surface area contributed by atoms with E-state index in [2.05, 4.69) is 33.6 Å². The zero-order valence-electron chi connectivity index (χ0n) is 16.7. The van der Waals surface area contributed by atoms with Crippen LogP contribution in [0.4, 0.5) is 0 Å². The number of thiol groups is 1. The molecule has 0 fully saturated rings. The minimum absolute atomic E-state index is 0.0648. The molecule has 0 bridgehead atoms. The first-order chi connectivity index (χ1) is 14.5. The number of rotatable bonds is 15. The van der Waals surface area contributed by atoms with E-state index >= 15 is 0 Å². The zero-order valence-corrected chi connectivity index (χ0v) is 17.6. The second-order valence-electron chi connectivity index (χ2n) is 6.41. The van der Waals surface area contributed by atoms with Crippen molar-refractivity contribution in [2.24, 2.45) is 22.2 Å². The van der Waals surface area contributed by atoms with Gasteiger partial charge in [0.15, 0.2) is 5.96 Å². The number of carboxylic acids is 2. The predicted octanol–water partition coefficient (Wildman–Crippen LogP) is -3.67. The number of amides is 3. The summed E-state index contributed by atoms with van der Waals surface area (Å²) in [6.07, 6.45) is -0.0693. The van der Waals surface area contributed by atoms with Crippen molar-refractivity contribution >= 4 is 48.2 Å². The summed E-state index contributed by atoms with van der Waals surface area (Å²) in [4.78, 5) is 61.5. The summed E-state index contributed by atoms with van der Waals surface area (Å²) >= 11 is 3.95. The number of guanidine groups is 1. The molecule has 0 saturated heterocycles. The normalized spacial score (nSPS) is 13.2. The fraction of sp³-hybridized carbons (Fsp3) is 0.625. The average molecular weight is 464 g/mol. The largest absolute Gasteiger partial charge is 0.481 e. The SMILES string of the molecule is NC(N)=NCCCC(NC(=O)CNC(=O)C(CS)NC(=O)C(N)CCC(=O)O)C(=O)O. The van der Waals surface area contributed by atoms with Gasteiger partial charge in [-0.25, -0.2) is 4.79 Å². The molecule has 0 rings (SSSR count). The van der Waals surface area contributed by atoms with Crippen LogP contribution in [0.25, 0.3) is 0 Å². The molecule has 0 spiro atoms. The highest BCUT2D eigenvalue weighted by Gasteiger charge is 2.24. The Morgan fingerprint density at radius 2 is 1.61 bits per heavy atom. The molecule has 176 valence electrons. The van der Waals surface area contributed by atoms with Crippen LogP contribution in [0.5, 0.6) is 0 Å². The number of carboxylic acid groups (broad SMARTS) is 2. The molecule has 3 atom stereocenters. The van der Waals surface area contributed by atoms with E-state index in [-0.39, 0.29) is 37.5 Å². The van der Waals surface area contributed by atoms with Gasteiger partial charge in [0.1, 0.15) is 12.1 Å². The summed E-state index contributed by atoms with van der Waals surface area (Å²) in [6, 6.07) is -3.47. The number of aliphatic imine (C=N–C) groups is 1. The molecule has 15 heteroatoms. The van der Waals surface area contributed by atoms with E-state index in [0.717, 1.165) is 0 Å². The Hall–Kier alpha value is -3.07. The Morgan fingerprint density at radius 3 is 2.13 bits per heavy atom. The summed E-state index contributed by atoms with van der Waals surface area (Å²) in [5.41, 5.74) is 15.9. The van der Waals surface area contributed by atoms with Crippen LogP contribution in [0.15, 0.2) is 4.99 Å². The summed E-state index contributed by atoms with van der Waals surface area (Å²) in [7, 11) is 0. The van der Waals surface area contributed by atoms with E-state index in [1.165, 1.54) is 0 Å². The molecular formula is C16H29N7O7S. The van der Waals surface area contributed by atoms with Gasteiger partial charge in [0.05, 0.1) is 12.6 Å². The first-order valence-corrected chi connectivity index (χ1v) is 9.85. The Morgan fingerprint density at radius 1 is 0.968 bits per heavy atom. The third-order valence-electron chi connectivity index (χ3n) is 3.82. The molecule has 3 amide bonds. The standard InChI is InChI=1S/C16H29N7O7S/c17-8(3-4-12(25)26)13(27)23-10(7-31)14(28)21-6-11(24)22-9(15(29)30)2-1-5-20-16(18)19/h8-10,31H,1-7,17H2,(H,21,28)(H,22,24)(H,23,27)(H,25,26)(H,29,30)(H4,18,19,20). The van der Waals surface area contributed by atoms with Crippen molar-refractivity contribution in [1.29, 1.82) is 0 Å². The number of carbonyl (C=O) groups excluding carboxylic acids is 3. The van der Waals surface area contributed by atoms with Crippen LogP contribution in [-0.4, -0.2) is 82.8 Å². The van der Waals surface area contributed by atoms with E-state index in [4.69, 9.17) is 22.3 Å². The highest BCUT2D eigenvalue weighted by Crippen LogP contribution is 1.99. The smallest absolute Gasteiger partial charge is 0.326 e. The van der Waals surface area contributed by atoms with Crippen LogP contribution in [-0.2, 0) is 24.0 Å². The molecule has 0 aliphatic carbocycles. The van der Waals surface area contributed by atoms with Gasteiger partial charge in [-0.05, 0) is 19.3 Å². The molecule has 11 N–H and O–H groups in total. The molecule has 0 radical (unpaired) electrons. The summed E-state index contributed by atoms with van der Waals surface area (Å²) in [5, 5.41) is 24.6. The highest BCUT2D eigenvalue weighted by molar-refractivity contribution is 7.80. The number of nitrogens with zero attached hydrogens (tertiary/aromatic N) is 1. The number of nitrogens with two attached hydrogens (primary N) is 3. The maximum atomic E-state index is 12.2. The Kier molecular flexibility index (Phi) is 13.4. The number of nitrogens with one attached hydrogen (secondary N) is 3. The van der Waals surface area contributed by atoms with Crippen molar-refractivity contribution in [2.45, 2.75) is 43.8 Å². The summed E-state index contributed by atoms with van der Waals surface area (Å²) in [6.45, 7) is -0.349. The van der Waals surface area contributed by atoms with Gasteiger partial charge in [-0.2, -0.15) is 12.6 Å². The van der Waals surface area contributed by atoms with Crippen molar-refractivity contribution in [1.82, 2.24) is 16.0 Å². The number of aliphatic carboxylic acids is 2. The molecule has 0 aromatic heterocycles. The molecule has 0 aromatic rings. The Balaban J connectivity index is 4.55. The van der Waals surface area contributed by atoms with Crippen molar-refractivity contribution in [3.63, 3.8) is 0 Å². The molecule has 0 aliphatic rings. The molecule has 3 unspecified atom stereocenters. The maximum Gasteiger partial charge on any atom is 0.326 e. The van der Waals surface area contributed by atoms with Gasteiger partial charge in [0.2, 0.25) is 17.7 Å². The van der Waals surface area contributed by atoms with Gasteiger partial charge < -0.3 is 43.4 Å². The van der Waals surface area contributed by atoms with Gasteiger partial charge in [0, 0.05) is 18.7 Å². The second kappa shape index (κ2) is 14.8. The van der Waals surface area contributed by atoms with Crippen LogP contribution in [0.3, 0.4) is 0 Å². The topological polar surface area (TPSA) is 252 Å². The molecule has 0 heterocycles. The van der Waals surface area contributed by atoms with Crippen LogP contribution >= 0.6 is 12.6 Å². The van der Waals surface area contributed by atoms with E-state index in [0.29, 0.717) is 6.42 Å². The highest BCUT2D eigenvalue weighted by atomic mass is 32.1. The lowest BCUT2D eigenvalue weighted by Crippen LogP contribution is -2.54. The minimum Gasteiger partial charge on any atom is -0.481 e. The van der Waals surface area contributed by atoms with E-state index in [9.17, 15) is 29.1 Å². The molecule has 31 heavy (non-hydrogen) atoms. The van der Waals surface area contributed by atoms with Crippen molar-refractivity contribution in [3.05, 3.63) is 0 Å². The second-order valence-corrected chi connectivity index (χ2v) is 6.77. The lowest BCUT2D eigenvalue weighted by molar-refractivity contribution is -0.142. The van der Waals surface area contributed by atoms with Gasteiger partial charge in [-0.15, -0.1) is 0 Å². The fourth-order valence-electron chi connectivity index (χ4n) is 2.18. The van der Waals surface area contributed by atoms with Crippen molar-refractivity contribution in [2.75, 3.05) is 18.8 Å². The zero-order chi connectivity index (χ0) is 24.0. The van der Waals surface area contributed by atoms with E-state index in [1.807, 2.05) is 0 Å². The van der Waals surface area contributed by atoms with Gasteiger partial charge in [-0.3, -0.25) is 24.2 Å². The lowest BCUT2D eigenvalue weighted by atomic mass is 10.1. The molecule has 0 aliphatic heterocycles. The van der Waals surface area contributed by atoms with Crippen molar-refractivity contribution < 1.29 is 34.2 Å². The van der Waals surface area contributed by atoms with E-state index < -0.39 is 54.3 Å². The summed E-state index contributed by atoms with van der Waals surface area (Å²) < 4.78 is 0. The number of hydrogen-bond acceptors (Lipinski definition) is 8. The van der Waals surface area contributed by atoms with Gasteiger partial charge in [0.25, 0.3) is 0 Å². The maximum absolute atomic E-state index is 12.2. The third kappa shape index (κ3) is 13.0. The van der Waals surface area contributed by atoms with Crippen LogP contribution in [0.2, 0.25) is 0 Å². The van der Waals surface area contributed by atoms with Gasteiger partial charge in [-0.1, -0.05) is 0 Å². The molecular weight excluding hydrogens is 434 g/mol. The first-order valence-electron chi connectivity index (χ1n) is 9.21. The summed E-state index contributed by atoms with van der Waals surface area (Å²) in [5.74, 6) is -4.88. The molecule has 14 nitrogen and oxygen atoms in total. The van der Waals surface area contributed by atoms with Gasteiger partial charge >= 0.3 is 11.9 Å². The Bertz CT molecular complexity index is 685. The minimum atomic E-state index is -1.26. The molecule has 0 aromatic carbocycles. The number of carbonyl (C=O) groups is 5. The third-order valence-corrected chi connectivity index (χ3v) is 4.19. The predicted molar refractivity (Wildman–Crippen MR) is 113 cm³/mol. The first kappa shape index (κ1) is 27.9. The van der Waals surface area contributed by atoms with Crippen LogP contribution in [0.1, 0.15) is 25.7 Å². The monoisotopic (exact) mass is 463 g/mol. The fourth-order valence-corrected chi connectivity index (χ4v) is 2.44. The van der Waals surface area contributed by atoms with Crippen molar-refractivity contribution in [3.8, 4) is 0 Å². The van der Waals surface area contributed by atoms with E-state index in [1.54, 1.807) is 0 Å². The lowest BCUT2D eigenvalue weighted by Gasteiger charge is -2.19. The quantitative estimate of drug-likeness (QED) is 0.0497. The number of hydrogen-bond donors (Lipinski definition) is 9.